The van der Waals surface area contributed by atoms with E-state index in [9.17, 15) is 14.4 Å². The number of nitrogens with one attached hydrogen (secondary N) is 3. The number of alkyl carbamates (subject to hydrolysis) is 1. The highest BCUT2D eigenvalue weighted by Gasteiger charge is 2.16. The average Bonchev–Trinajstić information content (AvgIpc) is 2.76. The van der Waals surface area contributed by atoms with Crippen LogP contribution in [0.5, 0.6) is 0 Å². The van der Waals surface area contributed by atoms with Gasteiger partial charge in [0.25, 0.3) is 5.91 Å². The first-order chi connectivity index (χ1) is 15.7. The second kappa shape index (κ2) is 10.6. The quantitative estimate of drug-likeness (QED) is 0.492. The van der Waals surface area contributed by atoms with E-state index in [-0.39, 0.29) is 24.8 Å². The van der Waals surface area contributed by atoms with Gasteiger partial charge >= 0.3 is 6.09 Å². The fourth-order valence-electron chi connectivity index (χ4n) is 3.26. The van der Waals surface area contributed by atoms with Crippen LogP contribution in [0.15, 0.2) is 66.7 Å². The van der Waals surface area contributed by atoms with E-state index >= 15 is 0 Å². The summed E-state index contributed by atoms with van der Waals surface area (Å²) in [5.41, 5.74) is 1.51. The Morgan fingerprint density at radius 1 is 0.879 bits per heavy atom. The molecule has 7 heteroatoms. The minimum atomic E-state index is -0.583. The van der Waals surface area contributed by atoms with Crippen LogP contribution in [-0.4, -0.2) is 30.1 Å². The Labute approximate surface area is 193 Å². The van der Waals surface area contributed by atoms with Gasteiger partial charge in [0.1, 0.15) is 5.60 Å². The van der Waals surface area contributed by atoms with Crippen molar-refractivity contribution in [2.45, 2.75) is 39.3 Å². The smallest absolute Gasteiger partial charge is 0.407 e. The van der Waals surface area contributed by atoms with Crippen molar-refractivity contribution >= 4 is 34.4 Å². The van der Waals surface area contributed by atoms with Crippen molar-refractivity contribution in [3.63, 3.8) is 0 Å². The molecule has 0 spiro atoms. The average molecular weight is 448 g/mol. The van der Waals surface area contributed by atoms with Gasteiger partial charge in [0.05, 0.1) is 0 Å². The lowest BCUT2D eigenvalue weighted by Gasteiger charge is -2.19. The molecule has 0 atom stereocenters. The van der Waals surface area contributed by atoms with E-state index in [1.165, 1.54) is 0 Å². The number of rotatable bonds is 7. The van der Waals surface area contributed by atoms with Gasteiger partial charge in [-0.25, -0.2) is 4.79 Å². The molecular formula is C26H29N3O4. The summed E-state index contributed by atoms with van der Waals surface area (Å²) in [5, 5.41) is 10.2. The topological polar surface area (TPSA) is 96.5 Å². The number of hydrogen-bond donors (Lipinski definition) is 3. The number of ether oxygens (including phenoxy) is 1. The molecule has 33 heavy (non-hydrogen) atoms. The highest BCUT2D eigenvalue weighted by molar-refractivity contribution is 6.12. The first kappa shape index (κ1) is 23.8. The Kier molecular flexibility index (Phi) is 7.66. The van der Waals surface area contributed by atoms with E-state index in [1.807, 2.05) is 54.6 Å². The standard InChI is InChI=1S/C26H29N3O4/c1-26(2,3)33-25(32)27-15-14-23(30)28-17-18-8-6-11-20(16-18)29-24(31)22-13-7-10-19-9-4-5-12-21(19)22/h4-13,16H,14-15,17H2,1-3H3,(H,27,32)(H,28,30)(H,29,31). The summed E-state index contributed by atoms with van der Waals surface area (Å²) in [4.78, 5) is 36.5. The number of hydrogen-bond acceptors (Lipinski definition) is 4. The molecule has 0 heterocycles. The third kappa shape index (κ3) is 7.35. The largest absolute Gasteiger partial charge is 0.444 e. The van der Waals surface area contributed by atoms with Crippen LogP contribution in [0.1, 0.15) is 43.1 Å². The van der Waals surface area contributed by atoms with E-state index in [1.54, 1.807) is 32.9 Å². The van der Waals surface area contributed by atoms with Crippen molar-refractivity contribution in [1.82, 2.24) is 10.6 Å². The molecule has 0 aromatic heterocycles. The van der Waals surface area contributed by atoms with Gasteiger partial charge in [-0.3, -0.25) is 9.59 Å². The van der Waals surface area contributed by atoms with Crippen molar-refractivity contribution in [2.24, 2.45) is 0 Å². The normalized spacial score (nSPS) is 11.0. The molecule has 0 aliphatic heterocycles. The first-order valence-corrected chi connectivity index (χ1v) is 10.8. The zero-order valence-electron chi connectivity index (χ0n) is 19.1. The predicted molar refractivity (Wildman–Crippen MR) is 129 cm³/mol. The molecule has 0 aliphatic carbocycles. The van der Waals surface area contributed by atoms with Crippen LogP contribution in [0.3, 0.4) is 0 Å². The number of amides is 3. The van der Waals surface area contributed by atoms with Crippen LogP contribution in [-0.2, 0) is 16.1 Å². The molecule has 0 unspecified atom stereocenters. The summed E-state index contributed by atoms with van der Waals surface area (Å²) in [6, 6.07) is 20.7. The van der Waals surface area contributed by atoms with E-state index < -0.39 is 11.7 Å². The first-order valence-electron chi connectivity index (χ1n) is 10.8. The molecule has 3 N–H and O–H groups in total. The highest BCUT2D eigenvalue weighted by Crippen LogP contribution is 2.20. The van der Waals surface area contributed by atoms with Crippen LogP contribution in [0.2, 0.25) is 0 Å². The molecule has 3 aromatic rings. The number of carbonyl (C=O) groups excluding carboxylic acids is 3. The second-order valence-electron chi connectivity index (χ2n) is 8.64. The van der Waals surface area contributed by atoms with Crippen molar-refractivity contribution in [3.05, 3.63) is 77.9 Å². The fraction of sp³-hybridized carbons (Fsp3) is 0.269. The van der Waals surface area contributed by atoms with E-state index in [4.69, 9.17) is 4.74 Å². The molecule has 0 aliphatic rings. The molecule has 3 aromatic carbocycles. The van der Waals surface area contributed by atoms with Gasteiger partial charge in [-0.1, -0.05) is 48.5 Å². The highest BCUT2D eigenvalue weighted by atomic mass is 16.6. The van der Waals surface area contributed by atoms with Crippen LogP contribution in [0.4, 0.5) is 10.5 Å². The molecular weight excluding hydrogens is 418 g/mol. The summed E-state index contributed by atoms with van der Waals surface area (Å²) in [6.07, 6.45) is -0.415. The Morgan fingerprint density at radius 3 is 2.39 bits per heavy atom. The van der Waals surface area contributed by atoms with Crippen molar-refractivity contribution in [3.8, 4) is 0 Å². The molecule has 0 radical (unpaired) electrons. The SMILES string of the molecule is CC(C)(C)OC(=O)NCCC(=O)NCc1cccc(NC(=O)c2cccc3ccccc23)c1. The third-order valence-electron chi connectivity index (χ3n) is 4.73. The summed E-state index contributed by atoms with van der Waals surface area (Å²) in [5.74, 6) is -0.391. The van der Waals surface area contributed by atoms with E-state index in [0.29, 0.717) is 17.8 Å². The number of anilines is 1. The monoisotopic (exact) mass is 447 g/mol. The van der Waals surface area contributed by atoms with Crippen LogP contribution < -0.4 is 16.0 Å². The maximum Gasteiger partial charge on any atom is 0.407 e. The van der Waals surface area contributed by atoms with E-state index in [0.717, 1.165) is 16.3 Å². The molecule has 0 bridgehead atoms. The summed E-state index contributed by atoms with van der Waals surface area (Å²) in [6.45, 7) is 5.82. The number of carbonyl (C=O) groups is 3. The fourth-order valence-corrected chi connectivity index (χ4v) is 3.26. The predicted octanol–water partition coefficient (Wildman–Crippen LogP) is 4.62. The lowest BCUT2D eigenvalue weighted by molar-refractivity contribution is -0.121. The van der Waals surface area contributed by atoms with Crippen LogP contribution in [0.25, 0.3) is 10.8 Å². The maximum absolute atomic E-state index is 12.8. The Balaban J connectivity index is 1.51. The molecule has 0 fully saturated rings. The van der Waals surface area contributed by atoms with Gasteiger partial charge < -0.3 is 20.7 Å². The van der Waals surface area contributed by atoms with Crippen LogP contribution >= 0.6 is 0 Å². The summed E-state index contributed by atoms with van der Waals surface area (Å²) < 4.78 is 5.13. The Bertz CT molecular complexity index is 1150. The molecule has 0 saturated carbocycles. The van der Waals surface area contributed by atoms with Crippen molar-refractivity contribution < 1.29 is 19.1 Å². The summed E-state index contributed by atoms with van der Waals surface area (Å²) >= 11 is 0. The minimum absolute atomic E-state index is 0.136. The lowest BCUT2D eigenvalue weighted by Crippen LogP contribution is -2.35. The minimum Gasteiger partial charge on any atom is -0.444 e. The molecule has 3 amide bonds. The zero-order chi connectivity index (χ0) is 23.8. The zero-order valence-corrected chi connectivity index (χ0v) is 19.1. The molecule has 172 valence electrons. The lowest BCUT2D eigenvalue weighted by atomic mass is 10.0. The van der Waals surface area contributed by atoms with Gasteiger partial charge in [0.2, 0.25) is 5.91 Å². The number of fused-ring (bicyclic) bond motifs is 1. The Morgan fingerprint density at radius 2 is 1.61 bits per heavy atom. The summed E-state index contributed by atoms with van der Waals surface area (Å²) in [7, 11) is 0. The third-order valence-corrected chi connectivity index (χ3v) is 4.73. The van der Waals surface area contributed by atoms with Gasteiger partial charge in [-0.2, -0.15) is 0 Å². The van der Waals surface area contributed by atoms with Gasteiger partial charge in [-0.05, 0) is 55.3 Å². The second-order valence-corrected chi connectivity index (χ2v) is 8.64. The van der Waals surface area contributed by atoms with Crippen molar-refractivity contribution in [2.75, 3.05) is 11.9 Å². The van der Waals surface area contributed by atoms with Crippen molar-refractivity contribution in [1.29, 1.82) is 0 Å². The molecule has 7 nitrogen and oxygen atoms in total. The number of benzene rings is 3. The van der Waals surface area contributed by atoms with Gasteiger partial charge in [0, 0.05) is 30.8 Å². The Hall–Kier alpha value is -3.87. The maximum atomic E-state index is 12.8. The van der Waals surface area contributed by atoms with Crippen LogP contribution in [0, 0.1) is 0 Å². The van der Waals surface area contributed by atoms with E-state index in [2.05, 4.69) is 16.0 Å². The van der Waals surface area contributed by atoms with Gasteiger partial charge in [-0.15, -0.1) is 0 Å². The molecule has 3 rings (SSSR count). The molecule has 0 saturated heterocycles. The van der Waals surface area contributed by atoms with Gasteiger partial charge in [0.15, 0.2) is 0 Å².